The number of halogens is 2. The zero-order chi connectivity index (χ0) is 11.5. The Morgan fingerprint density at radius 2 is 2.31 bits per heavy atom. The smallest absolute Gasteiger partial charge is 0.0666 e. The molecule has 1 fully saturated rings. The van der Waals surface area contributed by atoms with Gasteiger partial charge in [-0.3, -0.25) is 0 Å². The summed E-state index contributed by atoms with van der Waals surface area (Å²) in [5, 5.41) is 4.33. The lowest BCUT2D eigenvalue weighted by molar-refractivity contribution is 0.179. The fourth-order valence-corrected chi connectivity index (χ4v) is 2.81. The lowest BCUT2D eigenvalue weighted by Gasteiger charge is -2.19. The van der Waals surface area contributed by atoms with Crippen LogP contribution in [0.5, 0.6) is 0 Å². The van der Waals surface area contributed by atoms with Crippen molar-refractivity contribution >= 4 is 39.9 Å². The second-order valence-electron chi connectivity index (χ2n) is 4.17. The van der Waals surface area contributed by atoms with Crippen LogP contribution in [-0.2, 0) is 4.74 Å². The van der Waals surface area contributed by atoms with Gasteiger partial charge in [-0.25, -0.2) is 0 Å². The van der Waals surface area contributed by atoms with E-state index in [1.54, 1.807) is 7.11 Å². The van der Waals surface area contributed by atoms with Gasteiger partial charge in [-0.2, -0.15) is 0 Å². The number of hydrogen-bond donors (Lipinski definition) is 1. The molecular formula is C12H15ClINO. The van der Waals surface area contributed by atoms with E-state index < -0.39 is 0 Å². The maximum absolute atomic E-state index is 5.93. The average Bonchev–Trinajstić information content (AvgIpc) is 3.04. The van der Waals surface area contributed by atoms with Gasteiger partial charge in [0.2, 0.25) is 0 Å². The number of ether oxygens (including phenoxy) is 1. The van der Waals surface area contributed by atoms with Gasteiger partial charge in [-0.05, 0) is 59.5 Å². The van der Waals surface area contributed by atoms with Crippen molar-refractivity contribution in [1.82, 2.24) is 0 Å². The Morgan fingerprint density at radius 1 is 1.56 bits per heavy atom. The molecule has 1 atom stereocenters. The molecule has 1 aliphatic rings. The first-order valence-corrected chi connectivity index (χ1v) is 6.87. The summed E-state index contributed by atoms with van der Waals surface area (Å²) < 4.78 is 6.41. The van der Waals surface area contributed by atoms with Crippen molar-refractivity contribution in [3.05, 3.63) is 26.8 Å². The number of anilines is 1. The Kier molecular flexibility index (Phi) is 4.33. The Morgan fingerprint density at radius 3 is 2.88 bits per heavy atom. The van der Waals surface area contributed by atoms with Crippen molar-refractivity contribution in [3.8, 4) is 0 Å². The highest BCUT2D eigenvalue weighted by Gasteiger charge is 2.31. The van der Waals surface area contributed by atoms with Crippen molar-refractivity contribution < 1.29 is 4.74 Å². The predicted octanol–water partition coefficient (Wildman–Crippen LogP) is 3.78. The van der Waals surface area contributed by atoms with E-state index >= 15 is 0 Å². The third-order valence-electron chi connectivity index (χ3n) is 2.81. The van der Waals surface area contributed by atoms with Gasteiger partial charge in [-0.1, -0.05) is 11.6 Å². The molecule has 0 aliphatic heterocycles. The average molecular weight is 352 g/mol. The zero-order valence-electron chi connectivity index (χ0n) is 9.17. The van der Waals surface area contributed by atoms with E-state index in [4.69, 9.17) is 16.3 Å². The summed E-state index contributed by atoms with van der Waals surface area (Å²) in [6.07, 6.45) is 2.62. The molecule has 0 saturated heterocycles. The van der Waals surface area contributed by atoms with Gasteiger partial charge >= 0.3 is 0 Å². The molecule has 1 N–H and O–H groups in total. The second-order valence-corrected chi connectivity index (χ2v) is 5.77. The third-order valence-corrected chi connectivity index (χ3v) is 3.94. The topological polar surface area (TPSA) is 21.3 Å². The van der Waals surface area contributed by atoms with Crippen LogP contribution in [-0.4, -0.2) is 19.8 Å². The lowest BCUT2D eigenvalue weighted by atomic mass is 10.2. The van der Waals surface area contributed by atoms with Crippen molar-refractivity contribution in [2.45, 2.75) is 18.9 Å². The summed E-state index contributed by atoms with van der Waals surface area (Å²) in [5.74, 6) is 0.770. The monoisotopic (exact) mass is 351 g/mol. The van der Waals surface area contributed by atoms with E-state index in [1.807, 2.05) is 18.2 Å². The lowest BCUT2D eigenvalue weighted by Crippen LogP contribution is -2.27. The molecule has 1 aliphatic carbocycles. The maximum Gasteiger partial charge on any atom is 0.0666 e. The summed E-state index contributed by atoms with van der Waals surface area (Å²) in [7, 11) is 1.75. The van der Waals surface area contributed by atoms with Crippen LogP contribution in [0.3, 0.4) is 0 Å². The molecule has 1 saturated carbocycles. The summed E-state index contributed by atoms with van der Waals surface area (Å²) in [6.45, 7) is 0.767. The Hall–Kier alpha value is -0.000000000000000111. The van der Waals surface area contributed by atoms with E-state index in [0.29, 0.717) is 6.04 Å². The highest BCUT2D eigenvalue weighted by atomic mass is 127. The summed E-state index contributed by atoms with van der Waals surface area (Å²) in [4.78, 5) is 0. The maximum atomic E-state index is 5.93. The number of benzene rings is 1. The van der Waals surface area contributed by atoms with Crippen LogP contribution in [0.1, 0.15) is 12.8 Å². The summed E-state index contributed by atoms with van der Waals surface area (Å²) in [6, 6.07) is 6.36. The van der Waals surface area contributed by atoms with Crippen LogP contribution in [0.2, 0.25) is 5.02 Å². The van der Waals surface area contributed by atoms with Gasteiger partial charge in [-0.15, -0.1) is 0 Å². The van der Waals surface area contributed by atoms with Crippen molar-refractivity contribution in [3.63, 3.8) is 0 Å². The Balaban J connectivity index is 2.05. The van der Waals surface area contributed by atoms with Gasteiger partial charge in [0, 0.05) is 21.4 Å². The highest BCUT2D eigenvalue weighted by Crippen LogP contribution is 2.35. The SMILES string of the molecule is COCC(Nc1ccc(Cl)cc1I)C1CC1. The molecule has 16 heavy (non-hydrogen) atoms. The molecule has 0 amide bonds. The van der Waals surface area contributed by atoms with Crippen LogP contribution >= 0.6 is 34.2 Å². The van der Waals surface area contributed by atoms with Gasteiger partial charge in [0.1, 0.15) is 0 Å². The third kappa shape index (κ3) is 3.25. The van der Waals surface area contributed by atoms with Crippen molar-refractivity contribution in [2.75, 3.05) is 19.0 Å². The highest BCUT2D eigenvalue weighted by molar-refractivity contribution is 14.1. The van der Waals surface area contributed by atoms with Crippen LogP contribution in [0.15, 0.2) is 18.2 Å². The summed E-state index contributed by atoms with van der Waals surface area (Å²) in [5.41, 5.74) is 1.15. The molecule has 0 radical (unpaired) electrons. The molecule has 2 nitrogen and oxygen atoms in total. The molecule has 1 unspecified atom stereocenters. The normalized spacial score (nSPS) is 17.2. The molecule has 1 aromatic rings. The molecule has 1 aromatic carbocycles. The first-order chi connectivity index (χ1) is 7.70. The van der Waals surface area contributed by atoms with Crippen molar-refractivity contribution in [1.29, 1.82) is 0 Å². The first kappa shape index (κ1) is 12.5. The second kappa shape index (κ2) is 5.56. The number of hydrogen-bond acceptors (Lipinski definition) is 2. The van der Waals surface area contributed by atoms with Crippen molar-refractivity contribution in [2.24, 2.45) is 5.92 Å². The minimum absolute atomic E-state index is 0.430. The number of methoxy groups -OCH3 is 1. The predicted molar refractivity (Wildman–Crippen MR) is 76.2 cm³/mol. The molecule has 0 bridgehead atoms. The van der Waals surface area contributed by atoms with Gasteiger partial charge in [0.05, 0.1) is 12.6 Å². The van der Waals surface area contributed by atoms with E-state index in [-0.39, 0.29) is 0 Å². The summed E-state index contributed by atoms with van der Waals surface area (Å²) >= 11 is 8.24. The van der Waals surface area contributed by atoms with Crippen LogP contribution in [0.25, 0.3) is 0 Å². The van der Waals surface area contributed by atoms with Crippen LogP contribution < -0.4 is 5.32 Å². The van der Waals surface area contributed by atoms with E-state index in [2.05, 4.69) is 27.9 Å². The Bertz CT molecular complexity index is 368. The van der Waals surface area contributed by atoms with E-state index in [0.717, 1.165) is 26.8 Å². The molecule has 0 heterocycles. The van der Waals surface area contributed by atoms with Crippen LogP contribution in [0, 0.1) is 9.49 Å². The fourth-order valence-electron chi connectivity index (χ4n) is 1.78. The molecule has 4 heteroatoms. The molecule has 2 rings (SSSR count). The van der Waals surface area contributed by atoms with Crippen LogP contribution in [0.4, 0.5) is 5.69 Å². The quantitative estimate of drug-likeness (QED) is 0.815. The Labute approximate surface area is 115 Å². The molecule has 0 aromatic heterocycles. The van der Waals surface area contributed by atoms with E-state index in [1.165, 1.54) is 12.8 Å². The molecule has 0 spiro atoms. The zero-order valence-corrected chi connectivity index (χ0v) is 12.1. The fraction of sp³-hybridized carbons (Fsp3) is 0.500. The van der Waals surface area contributed by atoms with Gasteiger partial charge in [0.25, 0.3) is 0 Å². The number of nitrogens with one attached hydrogen (secondary N) is 1. The largest absolute Gasteiger partial charge is 0.383 e. The molecule has 88 valence electrons. The standard InChI is InChI=1S/C12H15ClINO/c1-16-7-12(8-2-3-8)15-11-5-4-9(13)6-10(11)14/h4-6,8,12,15H,2-3,7H2,1H3. The number of rotatable bonds is 5. The first-order valence-electron chi connectivity index (χ1n) is 5.41. The molecular weight excluding hydrogens is 336 g/mol. The minimum atomic E-state index is 0.430. The van der Waals surface area contributed by atoms with E-state index in [9.17, 15) is 0 Å². The van der Waals surface area contributed by atoms with Gasteiger partial charge in [0.15, 0.2) is 0 Å². The van der Waals surface area contributed by atoms with Gasteiger partial charge < -0.3 is 10.1 Å². The minimum Gasteiger partial charge on any atom is -0.383 e.